The molecule has 8 heteroatoms. The summed E-state index contributed by atoms with van der Waals surface area (Å²) in [7, 11) is 0. The van der Waals surface area contributed by atoms with Gasteiger partial charge in [-0.15, -0.1) is 0 Å². The van der Waals surface area contributed by atoms with Crippen LogP contribution in [0.3, 0.4) is 0 Å². The van der Waals surface area contributed by atoms with Gasteiger partial charge in [-0.2, -0.15) is 5.10 Å². The van der Waals surface area contributed by atoms with Crippen LogP contribution >= 0.6 is 0 Å². The monoisotopic (exact) mass is 562 g/mol. The second-order valence-electron chi connectivity index (χ2n) is 10.4. The summed E-state index contributed by atoms with van der Waals surface area (Å²) in [5.74, 6) is -1.50. The number of carbonyl (C=O) groups is 1. The third-order valence-corrected chi connectivity index (χ3v) is 7.43. The second kappa shape index (κ2) is 14.2. The topological polar surface area (TPSA) is 98.4 Å². The first-order valence-electron chi connectivity index (χ1n) is 13.6. The van der Waals surface area contributed by atoms with E-state index in [0.29, 0.717) is 5.69 Å². The molecule has 2 N–H and O–H groups in total. The summed E-state index contributed by atoms with van der Waals surface area (Å²) >= 11 is 0. The van der Waals surface area contributed by atoms with E-state index < -0.39 is 24.6 Å². The van der Waals surface area contributed by atoms with Gasteiger partial charge in [0.15, 0.2) is 0 Å². The zero-order valence-electron chi connectivity index (χ0n) is 23.1. The van der Waals surface area contributed by atoms with Crippen LogP contribution in [-0.4, -0.2) is 38.2 Å². The quantitative estimate of drug-likeness (QED) is 0.286. The summed E-state index contributed by atoms with van der Waals surface area (Å²) in [5.41, 5.74) is 7.15. The van der Waals surface area contributed by atoms with Crippen molar-refractivity contribution < 1.29 is 54.1 Å². The minimum absolute atomic E-state index is 0. The molecule has 0 saturated carbocycles. The summed E-state index contributed by atoms with van der Waals surface area (Å²) in [5, 5.41) is 36.1. The van der Waals surface area contributed by atoms with E-state index in [1.165, 1.54) is 28.8 Å². The van der Waals surface area contributed by atoms with Gasteiger partial charge in [0.1, 0.15) is 5.82 Å². The normalized spacial score (nSPS) is 16.1. The SMILES string of the molecule is O=C([O-])C[C@H](O)C[C@H](O)/C=C/c1c2c(nn1-c1ccc(F)cc1)C(Cc1ccc(-c3ccccc3)cc1)CCC2.[Na+]. The Morgan fingerprint density at radius 3 is 2.39 bits per heavy atom. The fourth-order valence-corrected chi connectivity index (χ4v) is 5.46. The van der Waals surface area contributed by atoms with Gasteiger partial charge in [0, 0.05) is 30.3 Å². The number of hydrogen-bond donors (Lipinski definition) is 2. The maximum Gasteiger partial charge on any atom is 1.00 e. The van der Waals surface area contributed by atoms with Gasteiger partial charge in [-0.05, 0) is 72.7 Å². The number of carbonyl (C=O) groups excluding carboxylic acids is 1. The largest absolute Gasteiger partial charge is 1.00 e. The molecule has 1 aliphatic rings. The van der Waals surface area contributed by atoms with Crippen LogP contribution < -0.4 is 34.7 Å². The smallest absolute Gasteiger partial charge is 0.550 e. The molecule has 206 valence electrons. The first kappa shape index (κ1) is 30.9. The summed E-state index contributed by atoms with van der Waals surface area (Å²) in [6.45, 7) is 0. The summed E-state index contributed by atoms with van der Waals surface area (Å²) in [4.78, 5) is 10.8. The van der Waals surface area contributed by atoms with Gasteiger partial charge in [0.25, 0.3) is 0 Å². The average molecular weight is 563 g/mol. The third-order valence-electron chi connectivity index (χ3n) is 7.43. The molecule has 41 heavy (non-hydrogen) atoms. The van der Waals surface area contributed by atoms with Gasteiger partial charge >= 0.3 is 29.6 Å². The molecule has 0 saturated heterocycles. The van der Waals surface area contributed by atoms with Crippen molar-refractivity contribution in [3.8, 4) is 16.8 Å². The van der Waals surface area contributed by atoms with E-state index in [-0.39, 0.29) is 47.7 Å². The number of carboxylic acid groups (broad SMARTS) is 1. The Bertz CT molecular complexity index is 1470. The van der Waals surface area contributed by atoms with Crippen molar-refractivity contribution in [3.05, 3.63) is 113 Å². The van der Waals surface area contributed by atoms with Crippen LogP contribution in [0.2, 0.25) is 0 Å². The van der Waals surface area contributed by atoms with E-state index in [1.54, 1.807) is 29.0 Å². The van der Waals surface area contributed by atoms with Gasteiger partial charge in [-0.3, -0.25) is 0 Å². The van der Waals surface area contributed by atoms with Crippen LogP contribution in [0.4, 0.5) is 4.39 Å². The number of carboxylic acids is 1. The zero-order chi connectivity index (χ0) is 28.1. The van der Waals surface area contributed by atoms with Crippen molar-refractivity contribution >= 4 is 12.0 Å². The van der Waals surface area contributed by atoms with Crippen molar-refractivity contribution in [3.63, 3.8) is 0 Å². The molecule has 1 heterocycles. The molecule has 5 rings (SSSR count). The Hall–Kier alpha value is -3.07. The number of aliphatic hydroxyl groups excluding tert-OH is 2. The molecule has 1 aromatic heterocycles. The molecule has 6 nitrogen and oxygen atoms in total. The number of aliphatic hydroxyl groups is 2. The van der Waals surface area contributed by atoms with Crippen LogP contribution in [0, 0.1) is 5.82 Å². The van der Waals surface area contributed by atoms with Crippen LogP contribution in [0.25, 0.3) is 22.9 Å². The van der Waals surface area contributed by atoms with Gasteiger partial charge in [0.2, 0.25) is 0 Å². The minimum Gasteiger partial charge on any atom is -0.550 e. The number of benzene rings is 3. The molecular formula is C33H32FN2NaO4. The average Bonchev–Trinajstić information content (AvgIpc) is 3.32. The molecule has 1 aliphatic carbocycles. The molecule has 1 unspecified atom stereocenters. The Morgan fingerprint density at radius 1 is 1.02 bits per heavy atom. The predicted molar refractivity (Wildman–Crippen MR) is 150 cm³/mol. The van der Waals surface area contributed by atoms with E-state index in [1.807, 2.05) is 18.2 Å². The van der Waals surface area contributed by atoms with Crippen molar-refractivity contribution in [2.24, 2.45) is 0 Å². The van der Waals surface area contributed by atoms with Gasteiger partial charge in [-0.25, -0.2) is 9.07 Å². The molecule has 3 atom stereocenters. The Labute approximate surface area is 261 Å². The fourth-order valence-electron chi connectivity index (χ4n) is 5.46. The molecule has 0 bridgehead atoms. The number of fused-ring (bicyclic) bond motifs is 1. The second-order valence-corrected chi connectivity index (χ2v) is 10.4. The standard InChI is InChI=1S/C33H33FN2O4.Na/c34-26-13-15-27(16-14-26)36-31(18-17-28(37)20-29(38)21-32(39)40)30-8-4-7-25(33(30)35-36)19-22-9-11-24(12-10-22)23-5-2-1-3-6-23;/h1-3,5-6,9-18,25,28-29,37-38H,4,7-8,19-21H2,(H,39,40);/q;+1/p-1/b18-17+;/t25?,28-,29-;/m1./s1. The zero-order valence-corrected chi connectivity index (χ0v) is 25.1. The molecule has 4 aromatic rings. The third kappa shape index (κ3) is 7.82. The number of hydrogen-bond acceptors (Lipinski definition) is 5. The summed E-state index contributed by atoms with van der Waals surface area (Å²) in [6, 6.07) is 25.0. The maximum absolute atomic E-state index is 13.7. The van der Waals surface area contributed by atoms with E-state index >= 15 is 0 Å². The van der Waals surface area contributed by atoms with Gasteiger partial charge in [0.05, 0.1) is 29.3 Å². The molecule has 0 radical (unpaired) electrons. The number of aliphatic carboxylic acids is 1. The van der Waals surface area contributed by atoms with Crippen molar-refractivity contribution in [1.29, 1.82) is 0 Å². The van der Waals surface area contributed by atoms with Crippen LogP contribution in [0.15, 0.2) is 84.9 Å². The molecule has 0 fully saturated rings. The minimum atomic E-state index is -1.37. The first-order valence-corrected chi connectivity index (χ1v) is 13.6. The van der Waals surface area contributed by atoms with Crippen molar-refractivity contribution in [2.75, 3.05) is 0 Å². The summed E-state index contributed by atoms with van der Waals surface area (Å²) in [6.07, 6.45) is 4.03. The first-order chi connectivity index (χ1) is 19.4. The van der Waals surface area contributed by atoms with Crippen LogP contribution in [0.1, 0.15) is 54.1 Å². The Morgan fingerprint density at radius 2 is 1.71 bits per heavy atom. The molecule has 0 amide bonds. The fraction of sp³-hybridized carbons (Fsp3) is 0.273. The molecule has 3 aromatic carbocycles. The Balaban J connectivity index is 0.00000387. The van der Waals surface area contributed by atoms with Gasteiger partial charge < -0.3 is 20.1 Å². The van der Waals surface area contributed by atoms with Crippen LogP contribution in [-0.2, 0) is 17.6 Å². The summed E-state index contributed by atoms with van der Waals surface area (Å²) < 4.78 is 15.5. The number of rotatable bonds is 10. The van der Waals surface area contributed by atoms with Crippen LogP contribution in [0.5, 0.6) is 0 Å². The predicted octanol–water partition coefficient (Wildman–Crippen LogP) is 1.61. The maximum atomic E-state index is 13.7. The van der Waals surface area contributed by atoms with Crippen molar-refractivity contribution in [2.45, 2.75) is 56.7 Å². The van der Waals surface area contributed by atoms with E-state index in [0.717, 1.165) is 42.6 Å². The van der Waals surface area contributed by atoms with E-state index in [2.05, 4.69) is 36.4 Å². The number of aromatic nitrogens is 2. The van der Waals surface area contributed by atoms with Crippen molar-refractivity contribution in [1.82, 2.24) is 9.78 Å². The van der Waals surface area contributed by atoms with E-state index in [9.17, 15) is 24.5 Å². The van der Waals surface area contributed by atoms with E-state index in [4.69, 9.17) is 5.10 Å². The Kier molecular flexibility index (Phi) is 10.7. The molecule has 0 aliphatic heterocycles. The molecule has 0 spiro atoms. The number of halogens is 1. The van der Waals surface area contributed by atoms with Gasteiger partial charge in [-0.1, -0.05) is 60.7 Å². The number of nitrogens with zero attached hydrogens (tertiary/aromatic N) is 2. The molecular weight excluding hydrogens is 530 g/mol.